The Balaban J connectivity index is 1.90. The molecule has 76 valence electrons. The van der Waals surface area contributed by atoms with E-state index in [1.807, 2.05) is 0 Å². The van der Waals surface area contributed by atoms with Gasteiger partial charge in [0.05, 0.1) is 11.2 Å². The van der Waals surface area contributed by atoms with E-state index < -0.39 is 0 Å². The van der Waals surface area contributed by atoms with Crippen molar-refractivity contribution in [3.63, 3.8) is 0 Å². The van der Waals surface area contributed by atoms with E-state index in [-0.39, 0.29) is 5.41 Å². The molecule has 3 fully saturated rings. The summed E-state index contributed by atoms with van der Waals surface area (Å²) in [4.78, 5) is 0. The Kier molecular flexibility index (Phi) is 1.33. The molecule has 1 aromatic heterocycles. The topological polar surface area (TPSA) is 30.7 Å². The zero-order chi connectivity index (χ0) is 9.97. The van der Waals surface area contributed by atoms with E-state index in [4.69, 9.17) is 0 Å². The lowest BCUT2D eigenvalue weighted by molar-refractivity contribution is -0.0989. The SMILES string of the molecule is CC(C)(C)c1cn(C23CC(C2)C3)nn1. The molecule has 0 saturated heterocycles. The first-order valence-electron chi connectivity index (χ1n) is 5.43. The molecule has 0 radical (unpaired) electrons. The van der Waals surface area contributed by atoms with Gasteiger partial charge in [-0.15, -0.1) is 5.10 Å². The quantitative estimate of drug-likeness (QED) is 0.680. The van der Waals surface area contributed by atoms with Crippen LogP contribution in [-0.2, 0) is 11.0 Å². The molecule has 3 aliphatic carbocycles. The lowest BCUT2D eigenvalue weighted by atomic mass is 9.50. The highest BCUT2D eigenvalue weighted by Gasteiger charge is 2.58. The molecule has 3 heteroatoms. The van der Waals surface area contributed by atoms with Crippen LogP contribution in [-0.4, -0.2) is 15.0 Å². The molecule has 0 aromatic carbocycles. The van der Waals surface area contributed by atoms with Crippen molar-refractivity contribution >= 4 is 0 Å². The summed E-state index contributed by atoms with van der Waals surface area (Å²) >= 11 is 0. The van der Waals surface area contributed by atoms with Gasteiger partial charge in [-0.25, -0.2) is 4.68 Å². The predicted octanol–water partition coefficient (Wildman–Crippen LogP) is 2.08. The minimum absolute atomic E-state index is 0.127. The van der Waals surface area contributed by atoms with Crippen LogP contribution in [0.25, 0.3) is 0 Å². The second-order valence-electron chi connectivity index (χ2n) is 6.00. The smallest absolute Gasteiger partial charge is 0.0880 e. The summed E-state index contributed by atoms with van der Waals surface area (Å²) in [6.07, 6.45) is 6.15. The summed E-state index contributed by atoms with van der Waals surface area (Å²) in [7, 11) is 0. The third-order valence-electron chi connectivity index (χ3n) is 3.75. The van der Waals surface area contributed by atoms with Crippen LogP contribution in [0.5, 0.6) is 0 Å². The molecule has 3 aliphatic rings. The number of hydrogen-bond acceptors (Lipinski definition) is 2. The van der Waals surface area contributed by atoms with Crippen LogP contribution in [0.1, 0.15) is 45.7 Å². The largest absolute Gasteiger partial charge is 0.246 e. The monoisotopic (exact) mass is 191 g/mol. The Morgan fingerprint density at radius 1 is 1.36 bits per heavy atom. The maximum absolute atomic E-state index is 4.28. The molecule has 0 amide bonds. The third kappa shape index (κ3) is 0.928. The Morgan fingerprint density at radius 3 is 2.36 bits per heavy atom. The van der Waals surface area contributed by atoms with Crippen LogP contribution in [0.15, 0.2) is 6.20 Å². The van der Waals surface area contributed by atoms with Gasteiger partial charge in [0.15, 0.2) is 0 Å². The van der Waals surface area contributed by atoms with Crippen LogP contribution in [0, 0.1) is 5.92 Å². The summed E-state index contributed by atoms with van der Waals surface area (Å²) in [5.74, 6) is 0.997. The number of hydrogen-bond donors (Lipinski definition) is 0. The first-order chi connectivity index (χ1) is 6.50. The van der Waals surface area contributed by atoms with Crippen LogP contribution < -0.4 is 0 Å². The number of aromatic nitrogens is 3. The van der Waals surface area contributed by atoms with E-state index in [1.165, 1.54) is 19.3 Å². The van der Waals surface area contributed by atoms with Gasteiger partial charge in [-0.1, -0.05) is 26.0 Å². The van der Waals surface area contributed by atoms with Crippen molar-refractivity contribution in [2.45, 2.75) is 51.0 Å². The lowest BCUT2D eigenvalue weighted by Crippen LogP contribution is -2.59. The first-order valence-corrected chi connectivity index (χ1v) is 5.43. The average molecular weight is 191 g/mol. The second kappa shape index (κ2) is 2.20. The molecule has 14 heavy (non-hydrogen) atoms. The normalized spacial score (nSPS) is 34.9. The summed E-state index contributed by atoms with van der Waals surface area (Å²) in [5.41, 5.74) is 1.63. The molecule has 0 spiro atoms. The van der Waals surface area contributed by atoms with E-state index in [2.05, 4.69) is 42.0 Å². The fourth-order valence-corrected chi connectivity index (χ4v) is 2.55. The van der Waals surface area contributed by atoms with Gasteiger partial charge in [0, 0.05) is 11.6 Å². The summed E-state index contributed by atoms with van der Waals surface area (Å²) in [6.45, 7) is 6.55. The van der Waals surface area contributed by atoms with E-state index >= 15 is 0 Å². The van der Waals surface area contributed by atoms with Crippen LogP contribution in [0.3, 0.4) is 0 Å². The highest BCUT2D eigenvalue weighted by Crippen LogP contribution is 2.61. The van der Waals surface area contributed by atoms with Crippen molar-refractivity contribution in [1.29, 1.82) is 0 Å². The summed E-state index contributed by atoms with van der Waals surface area (Å²) in [6, 6.07) is 0. The van der Waals surface area contributed by atoms with Gasteiger partial charge in [0.1, 0.15) is 0 Å². The maximum atomic E-state index is 4.28. The fourth-order valence-electron chi connectivity index (χ4n) is 2.55. The Labute approximate surface area is 84.5 Å². The maximum Gasteiger partial charge on any atom is 0.0880 e. The van der Waals surface area contributed by atoms with Gasteiger partial charge >= 0.3 is 0 Å². The molecule has 1 heterocycles. The summed E-state index contributed by atoms with van der Waals surface area (Å²) < 4.78 is 2.12. The van der Waals surface area contributed by atoms with Gasteiger partial charge in [-0.2, -0.15) is 0 Å². The van der Waals surface area contributed by atoms with Gasteiger partial charge in [-0.3, -0.25) is 0 Å². The van der Waals surface area contributed by atoms with Crippen LogP contribution >= 0.6 is 0 Å². The predicted molar refractivity (Wildman–Crippen MR) is 54.0 cm³/mol. The number of rotatable bonds is 1. The Morgan fingerprint density at radius 2 is 2.00 bits per heavy atom. The third-order valence-corrected chi connectivity index (χ3v) is 3.75. The minimum atomic E-state index is 0.127. The summed E-state index contributed by atoms with van der Waals surface area (Å²) in [5, 5.41) is 8.55. The molecule has 1 aromatic rings. The Bertz CT molecular complexity index is 355. The molecule has 0 aliphatic heterocycles. The molecule has 3 saturated carbocycles. The fraction of sp³-hybridized carbons (Fsp3) is 0.818. The van der Waals surface area contributed by atoms with Crippen molar-refractivity contribution in [3.05, 3.63) is 11.9 Å². The minimum Gasteiger partial charge on any atom is -0.246 e. The van der Waals surface area contributed by atoms with Gasteiger partial charge < -0.3 is 0 Å². The van der Waals surface area contributed by atoms with Crippen molar-refractivity contribution in [1.82, 2.24) is 15.0 Å². The zero-order valence-electron chi connectivity index (χ0n) is 9.12. The highest BCUT2D eigenvalue weighted by atomic mass is 15.5. The van der Waals surface area contributed by atoms with Gasteiger partial charge in [0.2, 0.25) is 0 Å². The van der Waals surface area contributed by atoms with Crippen molar-refractivity contribution in [2.75, 3.05) is 0 Å². The molecular formula is C11H17N3. The second-order valence-corrected chi connectivity index (χ2v) is 6.00. The standard InChI is InChI=1S/C11H17N3/c1-10(2,3)9-7-14(13-12-9)11-4-8(5-11)6-11/h7-8H,4-6H2,1-3H3. The molecule has 0 atom stereocenters. The molecular weight excluding hydrogens is 174 g/mol. The average Bonchev–Trinajstić information content (AvgIpc) is 2.26. The molecule has 2 bridgehead atoms. The van der Waals surface area contributed by atoms with Crippen molar-refractivity contribution in [2.24, 2.45) is 5.92 Å². The van der Waals surface area contributed by atoms with E-state index in [0.29, 0.717) is 5.54 Å². The molecule has 0 unspecified atom stereocenters. The Hall–Kier alpha value is -0.860. The highest BCUT2D eigenvalue weighted by molar-refractivity contribution is 5.15. The van der Waals surface area contributed by atoms with Crippen molar-refractivity contribution in [3.8, 4) is 0 Å². The molecule has 4 rings (SSSR count). The van der Waals surface area contributed by atoms with E-state index in [1.54, 1.807) is 0 Å². The molecule has 0 N–H and O–H groups in total. The number of nitrogens with zero attached hydrogens (tertiary/aromatic N) is 3. The van der Waals surface area contributed by atoms with Crippen molar-refractivity contribution < 1.29 is 0 Å². The van der Waals surface area contributed by atoms with E-state index in [0.717, 1.165) is 11.6 Å². The molecule has 3 nitrogen and oxygen atoms in total. The first kappa shape index (κ1) is 8.45. The van der Waals surface area contributed by atoms with Crippen LogP contribution in [0.2, 0.25) is 0 Å². The van der Waals surface area contributed by atoms with Crippen LogP contribution in [0.4, 0.5) is 0 Å². The van der Waals surface area contributed by atoms with Gasteiger partial charge in [0.25, 0.3) is 0 Å². The van der Waals surface area contributed by atoms with Gasteiger partial charge in [-0.05, 0) is 25.2 Å². The lowest BCUT2D eigenvalue weighted by Gasteiger charge is -2.61. The zero-order valence-corrected chi connectivity index (χ0v) is 9.12. The van der Waals surface area contributed by atoms with E-state index in [9.17, 15) is 0 Å².